The third-order valence-corrected chi connectivity index (χ3v) is 3.68. The lowest BCUT2D eigenvalue weighted by molar-refractivity contribution is -0.129. The van der Waals surface area contributed by atoms with Crippen molar-refractivity contribution in [3.05, 3.63) is 96.3 Å². The van der Waals surface area contributed by atoms with Gasteiger partial charge in [-0.3, -0.25) is 0 Å². The maximum Gasteiger partial charge on any atom is 0.347 e. The molecule has 0 aliphatic heterocycles. The van der Waals surface area contributed by atoms with Gasteiger partial charge >= 0.3 is 11.9 Å². The number of carbonyl (C=O) groups excluding carboxylic acids is 2. The largest absolute Gasteiger partial charge is 0.423 e. The molecule has 0 unspecified atom stereocenters. The van der Waals surface area contributed by atoms with Crippen LogP contribution in [0.25, 0.3) is 0 Å². The Hall–Kier alpha value is -3.05. The van der Waals surface area contributed by atoms with Crippen molar-refractivity contribution < 1.29 is 19.1 Å². The molecule has 2 aromatic carbocycles. The Labute approximate surface area is 157 Å². The second-order valence-corrected chi connectivity index (χ2v) is 5.57. The summed E-state index contributed by atoms with van der Waals surface area (Å²) in [6, 6.07) is 15.3. The van der Waals surface area contributed by atoms with Gasteiger partial charge in [0.1, 0.15) is 17.1 Å². The molecule has 2 rings (SSSR count). The van der Waals surface area contributed by atoms with Crippen LogP contribution in [0.2, 0.25) is 0 Å². The molecule has 0 fully saturated rings. The zero-order valence-electron chi connectivity index (χ0n) is 14.2. The minimum Gasteiger partial charge on any atom is -0.423 e. The van der Waals surface area contributed by atoms with Gasteiger partial charge in [-0.25, -0.2) is 9.59 Å². The fourth-order valence-electron chi connectivity index (χ4n) is 2.07. The Morgan fingerprint density at radius 3 is 2.31 bits per heavy atom. The number of ether oxygens (including phenoxy) is 2. The predicted octanol–water partition coefficient (Wildman–Crippen LogP) is 4.75. The van der Waals surface area contributed by atoms with E-state index in [0.717, 1.165) is 0 Å². The van der Waals surface area contributed by atoms with Crippen molar-refractivity contribution in [3.8, 4) is 5.75 Å². The van der Waals surface area contributed by atoms with E-state index >= 15 is 0 Å². The first-order valence-corrected chi connectivity index (χ1v) is 8.28. The van der Waals surface area contributed by atoms with E-state index in [9.17, 15) is 9.59 Å². The van der Waals surface area contributed by atoms with Crippen LogP contribution in [0.1, 0.15) is 17.3 Å². The van der Waals surface area contributed by atoms with Gasteiger partial charge < -0.3 is 9.47 Å². The van der Waals surface area contributed by atoms with Crippen molar-refractivity contribution in [1.29, 1.82) is 0 Å². The summed E-state index contributed by atoms with van der Waals surface area (Å²) >= 11 is 4.25. The molecular formula is C21H18O4S. The first-order chi connectivity index (χ1) is 12.6. The van der Waals surface area contributed by atoms with Crippen molar-refractivity contribution >= 4 is 24.6 Å². The summed E-state index contributed by atoms with van der Waals surface area (Å²) in [6.45, 7) is 5.37. The molecule has 0 bridgehead atoms. The highest BCUT2D eigenvalue weighted by atomic mass is 32.1. The van der Waals surface area contributed by atoms with Crippen LogP contribution in [-0.2, 0) is 9.53 Å². The molecule has 26 heavy (non-hydrogen) atoms. The number of thiol groups is 1. The number of rotatable bonds is 6. The number of carbonyl (C=O) groups is 2. The van der Waals surface area contributed by atoms with Crippen LogP contribution in [-0.4, -0.2) is 11.9 Å². The molecule has 0 atom stereocenters. The number of esters is 2. The third-order valence-electron chi connectivity index (χ3n) is 3.29. The van der Waals surface area contributed by atoms with Crippen molar-refractivity contribution in [2.24, 2.45) is 0 Å². The molecule has 0 amide bonds. The first kappa shape index (κ1) is 19.3. The number of para-hydroxylation sites is 1. The number of allylic oxidation sites excluding steroid dienone is 2. The van der Waals surface area contributed by atoms with Crippen LogP contribution in [0.5, 0.6) is 5.75 Å². The highest BCUT2D eigenvalue weighted by molar-refractivity contribution is 7.80. The van der Waals surface area contributed by atoms with Crippen LogP contribution < -0.4 is 4.74 Å². The van der Waals surface area contributed by atoms with Crippen LogP contribution >= 0.6 is 12.6 Å². The number of benzene rings is 2. The van der Waals surface area contributed by atoms with Crippen molar-refractivity contribution in [2.75, 3.05) is 0 Å². The highest BCUT2D eigenvalue weighted by Crippen LogP contribution is 2.20. The maximum atomic E-state index is 12.5. The van der Waals surface area contributed by atoms with Crippen LogP contribution in [0, 0.1) is 0 Å². The normalized spacial score (nSPS) is 11.6. The zero-order valence-corrected chi connectivity index (χ0v) is 15.1. The molecule has 0 aromatic heterocycles. The molecule has 0 aliphatic rings. The van der Waals surface area contributed by atoms with E-state index in [2.05, 4.69) is 19.2 Å². The number of hydrogen-bond donors (Lipinski definition) is 1. The van der Waals surface area contributed by atoms with E-state index in [4.69, 9.17) is 9.47 Å². The molecule has 4 nitrogen and oxygen atoms in total. The molecule has 0 heterocycles. The first-order valence-electron chi connectivity index (χ1n) is 7.83. The fourth-order valence-corrected chi connectivity index (χ4v) is 2.32. The SMILES string of the molecule is C=C/C(C(=O)Oc1ccccc1)=C(\C=C/C)OC(=O)c1ccccc1S. The Balaban J connectivity index is 2.31. The lowest BCUT2D eigenvalue weighted by Crippen LogP contribution is -2.15. The van der Waals surface area contributed by atoms with Gasteiger partial charge in [0, 0.05) is 4.90 Å². The minimum absolute atomic E-state index is 0.0388. The summed E-state index contributed by atoms with van der Waals surface area (Å²) in [5.41, 5.74) is 0.328. The van der Waals surface area contributed by atoms with Gasteiger partial charge in [0.15, 0.2) is 0 Å². The molecule has 5 heteroatoms. The van der Waals surface area contributed by atoms with Crippen molar-refractivity contribution in [1.82, 2.24) is 0 Å². The van der Waals surface area contributed by atoms with Crippen molar-refractivity contribution in [3.63, 3.8) is 0 Å². The Bertz CT molecular complexity index is 867. The summed E-state index contributed by atoms with van der Waals surface area (Å²) in [7, 11) is 0. The monoisotopic (exact) mass is 366 g/mol. The lowest BCUT2D eigenvalue weighted by Gasteiger charge is -2.11. The average Bonchev–Trinajstić information content (AvgIpc) is 2.63. The average molecular weight is 366 g/mol. The highest BCUT2D eigenvalue weighted by Gasteiger charge is 2.19. The molecule has 0 aliphatic carbocycles. The topological polar surface area (TPSA) is 52.6 Å². The molecule has 0 spiro atoms. The van der Waals surface area contributed by atoms with Crippen LogP contribution in [0.4, 0.5) is 0 Å². The molecule has 132 valence electrons. The van der Waals surface area contributed by atoms with Gasteiger partial charge in [-0.05, 0) is 37.3 Å². The van der Waals surface area contributed by atoms with E-state index in [1.54, 1.807) is 61.5 Å². The third kappa shape index (κ3) is 4.97. The Morgan fingerprint density at radius 2 is 1.69 bits per heavy atom. The maximum absolute atomic E-state index is 12.5. The van der Waals surface area contributed by atoms with Gasteiger partial charge in [0.25, 0.3) is 0 Å². The van der Waals surface area contributed by atoms with Crippen LogP contribution in [0.3, 0.4) is 0 Å². The van der Waals surface area contributed by atoms with Gasteiger partial charge in [-0.15, -0.1) is 12.6 Å². The van der Waals surface area contributed by atoms with E-state index in [1.165, 1.54) is 12.2 Å². The minimum atomic E-state index is -0.675. The van der Waals surface area contributed by atoms with Gasteiger partial charge in [-0.2, -0.15) is 0 Å². The zero-order chi connectivity index (χ0) is 18.9. The molecule has 0 saturated carbocycles. The summed E-state index contributed by atoms with van der Waals surface area (Å²) in [6.07, 6.45) is 4.44. The van der Waals surface area contributed by atoms with E-state index < -0.39 is 11.9 Å². The second kappa shape index (κ2) is 9.44. The van der Waals surface area contributed by atoms with E-state index in [1.807, 2.05) is 6.07 Å². The molecule has 2 aromatic rings. The fraction of sp³-hybridized carbons (Fsp3) is 0.0476. The summed E-state index contributed by atoms with van der Waals surface area (Å²) in [5.74, 6) is -0.879. The van der Waals surface area contributed by atoms with Gasteiger partial charge in [-0.1, -0.05) is 49.1 Å². The quantitative estimate of drug-likeness (QED) is 0.200. The second-order valence-electron chi connectivity index (χ2n) is 5.09. The summed E-state index contributed by atoms with van der Waals surface area (Å²) in [4.78, 5) is 25.4. The molecular weight excluding hydrogens is 348 g/mol. The van der Waals surface area contributed by atoms with Gasteiger partial charge in [0.05, 0.1) is 5.56 Å². The predicted molar refractivity (Wildman–Crippen MR) is 103 cm³/mol. The standard InChI is InChI=1S/C21H18O4S/c1-3-10-18(25-21(23)17-13-8-9-14-19(17)26)16(4-2)20(22)24-15-11-6-5-7-12-15/h3-14,26H,2H2,1H3/b10-3-,18-16-. The molecule has 0 radical (unpaired) electrons. The van der Waals surface area contributed by atoms with Crippen molar-refractivity contribution in [2.45, 2.75) is 11.8 Å². The smallest absolute Gasteiger partial charge is 0.347 e. The lowest BCUT2D eigenvalue weighted by atomic mass is 10.2. The van der Waals surface area contributed by atoms with E-state index in [0.29, 0.717) is 10.6 Å². The summed E-state index contributed by atoms with van der Waals surface area (Å²) < 4.78 is 10.7. The Kier molecular flexibility index (Phi) is 7.00. The van der Waals surface area contributed by atoms with Gasteiger partial charge in [0.2, 0.25) is 0 Å². The molecule has 0 saturated heterocycles. The molecule has 0 N–H and O–H groups in total. The Morgan fingerprint density at radius 1 is 1.04 bits per heavy atom. The summed E-state index contributed by atoms with van der Waals surface area (Å²) in [5, 5.41) is 0. The van der Waals surface area contributed by atoms with E-state index in [-0.39, 0.29) is 16.9 Å². The van der Waals surface area contributed by atoms with Crippen LogP contribution in [0.15, 0.2) is 95.6 Å². The number of hydrogen-bond acceptors (Lipinski definition) is 5.